The molecule has 1 N–H and O–H groups in total. The Morgan fingerprint density at radius 1 is 1.23 bits per heavy atom. The number of esters is 1. The van der Waals surface area contributed by atoms with Gasteiger partial charge in [-0.2, -0.15) is 0 Å². The van der Waals surface area contributed by atoms with Gasteiger partial charge in [0.25, 0.3) is 0 Å². The number of carbonyl (C=O) groups excluding carboxylic acids is 2. The minimum atomic E-state index is -0.356. The molecule has 1 aliphatic heterocycles. The molecule has 3 rings (SSSR count). The molecule has 0 saturated heterocycles. The van der Waals surface area contributed by atoms with E-state index >= 15 is 0 Å². The maximum absolute atomic E-state index is 13.0. The van der Waals surface area contributed by atoms with Gasteiger partial charge in [-0.05, 0) is 42.0 Å². The molecule has 1 amide bonds. The van der Waals surface area contributed by atoms with Gasteiger partial charge in [0.15, 0.2) is 0 Å². The van der Waals surface area contributed by atoms with E-state index < -0.39 is 0 Å². The first-order valence-electron chi connectivity index (χ1n) is 6.66. The second-order valence-corrected chi connectivity index (χ2v) is 4.83. The lowest BCUT2D eigenvalue weighted by Crippen LogP contribution is -2.08. The molecule has 0 bridgehead atoms. The van der Waals surface area contributed by atoms with Gasteiger partial charge >= 0.3 is 5.97 Å². The first kappa shape index (κ1) is 14.0. The van der Waals surface area contributed by atoms with Gasteiger partial charge in [-0.25, -0.2) is 9.18 Å². The summed E-state index contributed by atoms with van der Waals surface area (Å²) in [6.07, 6.45) is 2.85. The van der Waals surface area contributed by atoms with Crippen LogP contribution in [0.3, 0.4) is 0 Å². The molecule has 5 heteroatoms. The number of fused-ring (bicyclic) bond motifs is 1. The van der Waals surface area contributed by atoms with Crippen LogP contribution in [-0.2, 0) is 16.1 Å². The monoisotopic (exact) mass is 297 g/mol. The topological polar surface area (TPSA) is 55.4 Å². The van der Waals surface area contributed by atoms with Crippen molar-refractivity contribution in [1.29, 1.82) is 0 Å². The van der Waals surface area contributed by atoms with Crippen molar-refractivity contribution in [3.8, 4) is 0 Å². The summed E-state index contributed by atoms with van der Waals surface area (Å²) in [5, 5.41) is 2.68. The number of hydrogen-bond acceptors (Lipinski definition) is 3. The molecule has 0 aromatic heterocycles. The lowest BCUT2D eigenvalue weighted by atomic mass is 10.1. The summed E-state index contributed by atoms with van der Waals surface area (Å²) in [7, 11) is 0. The van der Waals surface area contributed by atoms with Gasteiger partial charge in [0.1, 0.15) is 12.4 Å². The second kappa shape index (κ2) is 5.81. The Morgan fingerprint density at radius 2 is 2.09 bits per heavy atom. The minimum absolute atomic E-state index is 0.219. The Kier molecular flexibility index (Phi) is 3.70. The highest BCUT2D eigenvalue weighted by Gasteiger charge is 2.20. The van der Waals surface area contributed by atoms with E-state index in [1.807, 2.05) is 0 Å². The van der Waals surface area contributed by atoms with Crippen LogP contribution in [0.4, 0.5) is 10.1 Å². The Hall–Kier alpha value is -2.95. The van der Waals surface area contributed by atoms with Gasteiger partial charge in [0.2, 0.25) is 5.91 Å². The average molecular weight is 297 g/mol. The van der Waals surface area contributed by atoms with E-state index in [1.165, 1.54) is 24.3 Å². The van der Waals surface area contributed by atoms with Crippen molar-refractivity contribution in [2.45, 2.75) is 6.61 Å². The first-order valence-corrected chi connectivity index (χ1v) is 6.66. The summed E-state index contributed by atoms with van der Waals surface area (Å²) < 4.78 is 17.9. The number of rotatable bonds is 3. The average Bonchev–Trinajstić information content (AvgIpc) is 2.86. The van der Waals surface area contributed by atoms with Crippen molar-refractivity contribution in [1.82, 2.24) is 0 Å². The van der Waals surface area contributed by atoms with E-state index in [-0.39, 0.29) is 24.3 Å². The molecule has 0 spiro atoms. The van der Waals surface area contributed by atoms with E-state index in [0.29, 0.717) is 16.8 Å². The van der Waals surface area contributed by atoms with E-state index in [0.717, 1.165) is 5.56 Å². The van der Waals surface area contributed by atoms with Gasteiger partial charge in [-0.1, -0.05) is 12.1 Å². The highest BCUT2D eigenvalue weighted by Crippen LogP contribution is 2.23. The van der Waals surface area contributed by atoms with Crippen molar-refractivity contribution in [3.05, 3.63) is 71.0 Å². The summed E-state index contributed by atoms with van der Waals surface area (Å²) in [6, 6.07) is 10.9. The van der Waals surface area contributed by atoms with Crippen LogP contribution in [0.25, 0.3) is 6.08 Å². The molecule has 4 nitrogen and oxygen atoms in total. The molecule has 0 saturated carbocycles. The van der Waals surface area contributed by atoms with Gasteiger partial charge in [0.05, 0.1) is 5.56 Å². The zero-order chi connectivity index (χ0) is 15.5. The lowest BCUT2D eigenvalue weighted by molar-refractivity contribution is -0.111. The number of carbonyl (C=O) groups is 2. The number of ether oxygens (including phenoxy) is 1. The van der Waals surface area contributed by atoms with E-state index in [2.05, 4.69) is 5.32 Å². The fourth-order valence-corrected chi connectivity index (χ4v) is 2.18. The maximum Gasteiger partial charge on any atom is 0.338 e. The van der Waals surface area contributed by atoms with Gasteiger partial charge in [0, 0.05) is 17.3 Å². The Morgan fingerprint density at radius 3 is 2.91 bits per heavy atom. The molecule has 1 heterocycles. The third-order valence-corrected chi connectivity index (χ3v) is 3.23. The van der Waals surface area contributed by atoms with Crippen LogP contribution in [0.5, 0.6) is 0 Å². The number of anilines is 1. The second-order valence-electron chi connectivity index (χ2n) is 4.83. The number of benzene rings is 2. The van der Waals surface area contributed by atoms with Gasteiger partial charge < -0.3 is 10.1 Å². The molecule has 0 atom stereocenters. The van der Waals surface area contributed by atoms with Crippen molar-refractivity contribution in [2.24, 2.45) is 0 Å². The van der Waals surface area contributed by atoms with E-state index in [4.69, 9.17) is 4.74 Å². The predicted octanol–water partition coefficient (Wildman–Crippen LogP) is 3.15. The molecule has 0 aliphatic carbocycles. The zero-order valence-corrected chi connectivity index (χ0v) is 11.5. The summed E-state index contributed by atoms with van der Waals surface area (Å²) in [6.45, 7) is 0.219. The molecule has 0 unspecified atom stereocenters. The third-order valence-electron chi connectivity index (χ3n) is 3.23. The Bertz CT molecular complexity index is 783. The number of hydrogen-bond donors (Lipinski definition) is 1. The minimum Gasteiger partial charge on any atom is -0.457 e. The maximum atomic E-state index is 13.0. The van der Waals surface area contributed by atoms with Crippen LogP contribution in [0.2, 0.25) is 0 Å². The van der Waals surface area contributed by atoms with E-state index in [9.17, 15) is 14.0 Å². The third kappa shape index (κ3) is 3.03. The van der Waals surface area contributed by atoms with Crippen molar-refractivity contribution >= 4 is 23.6 Å². The van der Waals surface area contributed by atoms with Crippen LogP contribution < -0.4 is 5.32 Å². The Labute approximate surface area is 126 Å². The summed E-state index contributed by atoms with van der Waals surface area (Å²) in [4.78, 5) is 23.2. The van der Waals surface area contributed by atoms with Crippen molar-refractivity contribution in [3.63, 3.8) is 0 Å². The smallest absolute Gasteiger partial charge is 0.338 e. The fourth-order valence-electron chi connectivity index (χ4n) is 2.18. The van der Waals surface area contributed by atoms with Gasteiger partial charge in [-0.3, -0.25) is 4.79 Å². The number of nitrogens with one attached hydrogen (secondary N) is 1. The first-order chi connectivity index (χ1) is 10.6. The quantitative estimate of drug-likeness (QED) is 0.699. The molecule has 2 aromatic carbocycles. The molecule has 2 aromatic rings. The summed E-state index contributed by atoms with van der Waals surface area (Å²) >= 11 is 0. The van der Waals surface area contributed by atoms with Crippen LogP contribution in [0, 0.1) is 5.82 Å². The normalized spacial score (nSPS) is 13.0. The largest absolute Gasteiger partial charge is 0.457 e. The Balaban J connectivity index is 1.68. The number of halogens is 1. The highest BCUT2D eigenvalue weighted by molar-refractivity contribution is 6.02. The standard InChI is InChI=1S/C17H12FNO3/c18-13-3-1-2-11(8-13)4-7-16(20)19-14-5-6-15-12(9-14)10-22-17(15)21/h1-9H,10H2,(H,19,20)/b7-4+. The summed E-state index contributed by atoms with van der Waals surface area (Å²) in [5.41, 5.74) is 2.44. The SMILES string of the molecule is O=C(/C=C/c1cccc(F)c1)Nc1ccc2c(c1)COC2=O. The van der Waals surface area contributed by atoms with Crippen molar-refractivity contribution < 1.29 is 18.7 Å². The zero-order valence-electron chi connectivity index (χ0n) is 11.5. The van der Waals surface area contributed by atoms with Crippen LogP contribution in [0.1, 0.15) is 21.5 Å². The lowest BCUT2D eigenvalue weighted by Gasteiger charge is -2.03. The van der Waals surface area contributed by atoms with Crippen molar-refractivity contribution in [2.75, 3.05) is 5.32 Å². The van der Waals surface area contributed by atoms with Crippen LogP contribution in [-0.4, -0.2) is 11.9 Å². The summed E-state index contributed by atoms with van der Waals surface area (Å²) in [5.74, 6) is -1.04. The molecule has 0 fully saturated rings. The highest BCUT2D eigenvalue weighted by atomic mass is 19.1. The molecular formula is C17H12FNO3. The van der Waals surface area contributed by atoms with Crippen LogP contribution >= 0.6 is 0 Å². The number of amides is 1. The number of cyclic esters (lactones) is 1. The molecule has 0 radical (unpaired) electrons. The fraction of sp³-hybridized carbons (Fsp3) is 0.0588. The molecule has 22 heavy (non-hydrogen) atoms. The molecular weight excluding hydrogens is 285 g/mol. The van der Waals surface area contributed by atoms with Crippen LogP contribution in [0.15, 0.2) is 48.5 Å². The van der Waals surface area contributed by atoms with Gasteiger partial charge in [-0.15, -0.1) is 0 Å². The molecule has 110 valence electrons. The van der Waals surface area contributed by atoms with E-state index in [1.54, 1.807) is 30.3 Å². The molecule has 1 aliphatic rings. The predicted molar refractivity (Wildman–Crippen MR) is 79.6 cm³/mol.